The van der Waals surface area contributed by atoms with Crippen molar-refractivity contribution in [2.45, 2.75) is 26.2 Å². The number of nitrogen functional groups attached to an aromatic ring is 1. The zero-order valence-electron chi connectivity index (χ0n) is 11.3. The van der Waals surface area contributed by atoms with Gasteiger partial charge in [-0.2, -0.15) is 0 Å². The lowest BCUT2D eigenvalue weighted by molar-refractivity contribution is -0.118. The van der Waals surface area contributed by atoms with Crippen LogP contribution in [-0.2, 0) is 17.6 Å². The van der Waals surface area contributed by atoms with Crippen LogP contribution in [0.4, 0.5) is 10.8 Å². The van der Waals surface area contributed by atoms with Crippen LogP contribution in [-0.4, -0.2) is 17.4 Å². The third kappa shape index (κ3) is 1.59. The molecule has 1 aromatic heterocycles. The molecule has 2 N–H and O–H groups in total. The summed E-state index contributed by atoms with van der Waals surface area (Å²) >= 11 is 1.53. The summed E-state index contributed by atoms with van der Waals surface area (Å²) in [5, 5.41) is 0.614. The first-order valence-electron chi connectivity index (χ1n) is 6.83. The minimum atomic E-state index is 0.262. The van der Waals surface area contributed by atoms with Gasteiger partial charge in [0.25, 0.3) is 0 Å². The van der Waals surface area contributed by atoms with Crippen LogP contribution in [0.15, 0.2) is 12.1 Å². The molecule has 0 spiro atoms. The molecule has 4 nitrogen and oxygen atoms in total. The summed E-state index contributed by atoms with van der Waals surface area (Å²) in [5.74, 6) is 0.262. The van der Waals surface area contributed by atoms with Crippen LogP contribution in [0, 0.1) is 6.92 Å². The van der Waals surface area contributed by atoms with Crippen molar-refractivity contribution in [3.8, 4) is 11.3 Å². The Hall–Kier alpha value is -1.88. The minimum Gasteiger partial charge on any atom is -0.375 e. The molecule has 5 heteroatoms. The third-order valence-electron chi connectivity index (χ3n) is 4.14. The molecule has 2 aliphatic rings. The van der Waals surface area contributed by atoms with E-state index in [0.29, 0.717) is 11.6 Å². The molecular weight excluding hydrogens is 270 g/mol. The maximum Gasteiger partial charge on any atom is 0.227 e. The van der Waals surface area contributed by atoms with Crippen LogP contribution in [0.5, 0.6) is 0 Å². The molecule has 2 aliphatic heterocycles. The fraction of sp³-hybridized carbons (Fsp3) is 0.333. The summed E-state index contributed by atoms with van der Waals surface area (Å²) in [6, 6.07) is 4.37. The summed E-state index contributed by atoms with van der Waals surface area (Å²) in [5.41, 5.74) is 11.6. The second kappa shape index (κ2) is 4.06. The van der Waals surface area contributed by atoms with Gasteiger partial charge in [0.15, 0.2) is 5.13 Å². The van der Waals surface area contributed by atoms with Gasteiger partial charge in [-0.05, 0) is 43.0 Å². The predicted octanol–water partition coefficient (Wildman–Crippen LogP) is 2.54. The van der Waals surface area contributed by atoms with E-state index >= 15 is 0 Å². The van der Waals surface area contributed by atoms with E-state index in [4.69, 9.17) is 5.73 Å². The fourth-order valence-electron chi connectivity index (χ4n) is 3.28. The first-order valence-corrected chi connectivity index (χ1v) is 7.64. The van der Waals surface area contributed by atoms with Crippen molar-refractivity contribution in [2.24, 2.45) is 0 Å². The number of nitrogens with zero attached hydrogens (tertiary/aromatic N) is 2. The molecule has 0 radical (unpaired) electrons. The first-order chi connectivity index (χ1) is 9.63. The van der Waals surface area contributed by atoms with Gasteiger partial charge in [0.05, 0.1) is 11.4 Å². The summed E-state index contributed by atoms with van der Waals surface area (Å²) in [7, 11) is 0. The van der Waals surface area contributed by atoms with Gasteiger partial charge < -0.3 is 10.6 Å². The molecule has 102 valence electrons. The summed E-state index contributed by atoms with van der Waals surface area (Å²) < 4.78 is 0. The predicted molar refractivity (Wildman–Crippen MR) is 81.1 cm³/mol. The first kappa shape index (κ1) is 11.9. The molecular formula is C15H15N3OS. The van der Waals surface area contributed by atoms with Gasteiger partial charge in [0, 0.05) is 23.4 Å². The highest BCUT2D eigenvalue weighted by molar-refractivity contribution is 7.15. The Morgan fingerprint density at radius 2 is 2.00 bits per heavy atom. The summed E-state index contributed by atoms with van der Waals surface area (Å²) in [4.78, 5) is 19.5. The second-order valence-electron chi connectivity index (χ2n) is 5.40. The van der Waals surface area contributed by atoms with Crippen molar-refractivity contribution in [1.82, 2.24) is 4.98 Å². The molecule has 3 heterocycles. The maximum absolute atomic E-state index is 11.9. The van der Waals surface area contributed by atoms with Crippen LogP contribution >= 0.6 is 11.3 Å². The van der Waals surface area contributed by atoms with Crippen LogP contribution in [0.2, 0.25) is 0 Å². The molecule has 0 unspecified atom stereocenters. The van der Waals surface area contributed by atoms with Crippen LogP contribution in [0.3, 0.4) is 0 Å². The topological polar surface area (TPSA) is 59.2 Å². The van der Waals surface area contributed by atoms with Gasteiger partial charge >= 0.3 is 0 Å². The van der Waals surface area contributed by atoms with E-state index < -0.39 is 0 Å². The van der Waals surface area contributed by atoms with E-state index in [1.165, 1.54) is 22.5 Å². The zero-order chi connectivity index (χ0) is 13.9. The minimum absolute atomic E-state index is 0.262. The van der Waals surface area contributed by atoms with Gasteiger partial charge in [-0.15, -0.1) is 11.3 Å². The lowest BCUT2D eigenvalue weighted by Crippen LogP contribution is -2.32. The Kier molecular flexibility index (Phi) is 2.41. The molecule has 2 aromatic rings. The average molecular weight is 285 g/mol. The molecule has 0 saturated heterocycles. The second-order valence-corrected chi connectivity index (χ2v) is 6.63. The highest BCUT2D eigenvalue weighted by Gasteiger charge is 2.31. The number of hydrogen-bond acceptors (Lipinski definition) is 4. The highest BCUT2D eigenvalue weighted by Crippen LogP contribution is 2.40. The van der Waals surface area contributed by atoms with Crippen LogP contribution in [0.25, 0.3) is 11.3 Å². The number of aromatic nitrogens is 1. The third-order valence-corrected chi connectivity index (χ3v) is 4.94. The standard InChI is InChI=1S/C15H15N3OS/c1-8-13(17-15(16)20-8)11-6-9-2-3-12(19)18-5-4-10(7-11)14(9)18/h6-7H,2-5H2,1H3,(H2,16,17). The normalized spacial score (nSPS) is 16.6. The van der Waals surface area contributed by atoms with Crippen LogP contribution < -0.4 is 10.6 Å². The number of thiazole rings is 1. The zero-order valence-corrected chi connectivity index (χ0v) is 12.1. The number of aryl methyl sites for hydroxylation is 2. The summed E-state index contributed by atoms with van der Waals surface area (Å²) in [6.07, 6.45) is 2.40. The van der Waals surface area contributed by atoms with Gasteiger partial charge in [-0.25, -0.2) is 4.98 Å². The monoisotopic (exact) mass is 285 g/mol. The van der Waals surface area contributed by atoms with E-state index in [1.807, 2.05) is 4.90 Å². The number of anilines is 2. The maximum atomic E-state index is 11.9. The Morgan fingerprint density at radius 3 is 2.70 bits per heavy atom. The number of hydrogen-bond donors (Lipinski definition) is 1. The fourth-order valence-corrected chi connectivity index (χ4v) is 3.99. The van der Waals surface area contributed by atoms with E-state index in [-0.39, 0.29) is 5.91 Å². The lowest BCUT2D eigenvalue weighted by atomic mass is 9.95. The van der Waals surface area contributed by atoms with E-state index in [1.54, 1.807) is 0 Å². The number of rotatable bonds is 1. The van der Waals surface area contributed by atoms with E-state index in [9.17, 15) is 4.79 Å². The highest BCUT2D eigenvalue weighted by atomic mass is 32.1. The average Bonchev–Trinajstić information content (AvgIpc) is 2.98. The Labute approximate surface area is 121 Å². The van der Waals surface area contributed by atoms with Crippen LogP contribution in [0.1, 0.15) is 22.4 Å². The van der Waals surface area contributed by atoms with Crippen molar-refractivity contribution in [2.75, 3.05) is 17.2 Å². The van der Waals surface area contributed by atoms with Gasteiger partial charge in [0.2, 0.25) is 5.91 Å². The number of benzene rings is 1. The molecule has 0 saturated carbocycles. The van der Waals surface area contributed by atoms with Crippen molar-refractivity contribution in [3.63, 3.8) is 0 Å². The van der Waals surface area contributed by atoms with Gasteiger partial charge in [-0.3, -0.25) is 4.79 Å². The molecule has 0 atom stereocenters. The van der Waals surface area contributed by atoms with Crippen molar-refractivity contribution < 1.29 is 4.79 Å². The lowest BCUT2D eigenvalue weighted by Gasteiger charge is -2.25. The SMILES string of the molecule is Cc1sc(N)nc1-c1cc2c3c(c1)CCN3C(=O)CC2. The molecule has 0 fully saturated rings. The molecule has 0 bridgehead atoms. The largest absolute Gasteiger partial charge is 0.375 e. The quantitative estimate of drug-likeness (QED) is 0.876. The van der Waals surface area contributed by atoms with Gasteiger partial charge in [0.1, 0.15) is 0 Å². The summed E-state index contributed by atoms with van der Waals surface area (Å²) in [6.45, 7) is 2.88. The number of amides is 1. The number of carbonyl (C=O) groups excluding carboxylic acids is 1. The van der Waals surface area contributed by atoms with Crippen molar-refractivity contribution >= 4 is 28.1 Å². The number of nitrogens with two attached hydrogens (primary N) is 1. The Balaban J connectivity index is 1.90. The van der Waals surface area contributed by atoms with E-state index in [0.717, 1.165) is 41.2 Å². The molecule has 1 aromatic carbocycles. The Morgan fingerprint density at radius 1 is 1.25 bits per heavy atom. The van der Waals surface area contributed by atoms with Crippen molar-refractivity contribution in [3.05, 3.63) is 28.1 Å². The number of carbonyl (C=O) groups is 1. The molecule has 4 rings (SSSR count). The smallest absolute Gasteiger partial charge is 0.227 e. The van der Waals surface area contributed by atoms with Crippen molar-refractivity contribution in [1.29, 1.82) is 0 Å². The van der Waals surface area contributed by atoms with Gasteiger partial charge in [-0.1, -0.05) is 0 Å². The molecule has 0 aliphatic carbocycles. The Bertz CT molecular complexity index is 735. The molecule has 1 amide bonds. The molecule has 20 heavy (non-hydrogen) atoms. The van der Waals surface area contributed by atoms with E-state index in [2.05, 4.69) is 24.0 Å².